The highest BCUT2D eigenvalue weighted by Gasteiger charge is 2.10. The number of rotatable bonds is 4. The molecule has 1 fully saturated rings. The van der Waals surface area contributed by atoms with Crippen LogP contribution in [0.25, 0.3) is 0 Å². The fraction of sp³-hybridized carbons (Fsp3) is 0.571. The number of anilines is 1. The van der Waals surface area contributed by atoms with E-state index in [4.69, 9.17) is 5.73 Å². The molecule has 0 bridgehead atoms. The van der Waals surface area contributed by atoms with Crippen LogP contribution in [0.4, 0.5) is 5.69 Å². The lowest BCUT2D eigenvalue weighted by atomic mass is 10.0. The van der Waals surface area contributed by atoms with Gasteiger partial charge in [-0.05, 0) is 30.5 Å². The minimum absolute atomic E-state index is 0.298. The van der Waals surface area contributed by atoms with Gasteiger partial charge in [-0.3, -0.25) is 0 Å². The van der Waals surface area contributed by atoms with Crippen molar-refractivity contribution in [3.63, 3.8) is 0 Å². The first-order valence-corrected chi connectivity index (χ1v) is 7.62. The molecule has 2 nitrogen and oxygen atoms in total. The lowest BCUT2D eigenvalue weighted by molar-refractivity contribution is 0.646. The Morgan fingerprint density at radius 3 is 2.47 bits per heavy atom. The van der Waals surface area contributed by atoms with E-state index in [2.05, 4.69) is 36.1 Å². The van der Waals surface area contributed by atoms with E-state index in [1.54, 1.807) is 0 Å². The maximum atomic E-state index is 5.97. The molecule has 2 N–H and O–H groups in total. The highest BCUT2D eigenvalue weighted by atomic mass is 32.2. The van der Waals surface area contributed by atoms with Crippen LogP contribution in [0.3, 0.4) is 0 Å². The molecule has 0 saturated carbocycles. The van der Waals surface area contributed by atoms with Crippen molar-refractivity contribution in [2.75, 3.05) is 29.5 Å². The summed E-state index contributed by atoms with van der Waals surface area (Å²) in [5.74, 6) is 2.50. The number of nitrogens with two attached hydrogens (primary N) is 1. The number of thioether (sulfide) groups is 1. The second kappa shape index (κ2) is 6.31. The molecule has 1 aromatic carbocycles. The zero-order chi connectivity index (χ0) is 12.1. The van der Waals surface area contributed by atoms with Crippen LogP contribution in [-0.4, -0.2) is 30.6 Å². The van der Waals surface area contributed by atoms with Gasteiger partial charge >= 0.3 is 0 Å². The van der Waals surface area contributed by atoms with E-state index < -0.39 is 0 Å². The third-order valence-corrected chi connectivity index (χ3v) is 4.28. The minimum atomic E-state index is 0.298. The van der Waals surface area contributed by atoms with Gasteiger partial charge in [0.15, 0.2) is 0 Å². The minimum Gasteiger partial charge on any atom is -0.370 e. The van der Waals surface area contributed by atoms with Crippen molar-refractivity contribution < 1.29 is 0 Å². The number of hydrogen-bond acceptors (Lipinski definition) is 3. The fourth-order valence-corrected chi connectivity index (χ4v) is 3.01. The number of benzene rings is 1. The summed E-state index contributed by atoms with van der Waals surface area (Å²) in [6.07, 6.45) is 2.04. The third kappa shape index (κ3) is 3.65. The van der Waals surface area contributed by atoms with E-state index >= 15 is 0 Å². The molecule has 1 aliphatic rings. The Bertz CT molecular complexity index is 331. The van der Waals surface area contributed by atoms with E-state index in [0.717, 1.165) is 12.8 Å². The Morgan fingerprint density at radius 1 is 1.24 bits per heavy atom. The first kappa shape index (κ1) is 12.8. The van der Waals surface area contributed by atoms with E-state index in [1.807, 2.05) is 11.8 Å². The van der Waals surface area contributed by atoms with Gasteiger partial charge < -0.3 is 10.6 Å². The standard InChI is InChI=1S/C14H22N2S/c1-2-13(15)11-12-3-5-14(6-4-12)16-7-9-17-10-8-16/h3-6,13H,2,7-11,15H2,1H3. The Balaban J connectivity index is 1.97. The zero-order valence-corrected chi connectivity index (χ0v) is 11.4. The van der Waals surface area contributed by atoms with Crippen LogP contribution in [0.2, 0.25) is 0 Å². The van der Waals surface area contributed by atoms with Gasteiger partial charge in [0.2, 0.25) is 0 Å². The van der Waals surface area contributed by atoms with Gasteiger partial charge in [0.05, 0.1) is 0 Å². The smallest absolute Gasteiger partial charge is 0.0366 e. The molecule has 0 aliphatic carbocycles. The summed E-state index contributed by atoms with van der Waals surface area (Å²) < 4.78 is 0. The molecule has 1 aliphatic heterocycles. The van der Waals surface area contributed by atoms with Crippen LogP contribution in [0.5, 0.6) is 0 Å². The summed E-state index contributed by atoms with van der Waals surface area (Å²) in [5.41, 5.74) is 8.69. The number of nitrogens with zero attached hydrogens (tertiary/aromatic N) is 1. The van der Waals surface area contributed by atoms with Crippen molar-refractivity contribution in [1.82, 2.24) is 0 Å². The molecular weight excluding hydrogens is 228 g/mol. The molecule has 2 rings (SSSR count). The quantitative estimate of drug-likeness (QED) is 0.890. The molecule has 0 radical (unpaired) electrons. The maximum Gasteiger partial charge on any atom is 0.0366 e. The lowest BCUT2D eigenvalue weighted by Crippen LogP contribution is -2.32. The predicted octanol–water partition coefficient (Wildman–Crippen LogP) is 2.52. The van der Waals surface area contributed by atoms with Crippen molar-refractivity contribution in [2.45, 2.75) is 25.8 Å². The van der Waals surface area contributed by atoms with Gasteiger partial charge in [0, 0.05) is 36.3 Å². The zero-order valence-electron chi connectivity index (χ0n) is 10.6. The van der Waals surface area contributed by atoms with Crippen molar-refractivity contribution >= 4 is 17.4 Å². The van der Waals surface area contributed by atoms with Gasteiger partial charge in [-0.25, -0.2) is 0 Å². The van der Waals surface area contributed by atoms with Crippen LogP contribution < -0.4 is 10.6 Å². The second-order valence-corrected chi connectivity index (χ2v) is 5.86. The molecule has 17 heavy (non-hydrogen) atoms. The average Bonchev–Trinajstić information content (AvgIpc) is 2.40. The molecule has 1 heterocycles. The average molecular weight is 250 g/mol. The normalized spacial score (nSPS) is 18.1. The highest BCUT2D eigenvalue weighted by Crippen LogP contribution is 2.20. The maximum absolute atomic E-state index is 5.97. The summed E-state index contributed by atoms with van der Waals surface area (Å²) in [5, 5.41) is 0. The van der Waals surface area contributed by atoms with Gasteiger partial charge in [0.1, 0.15) is 0 Å². The molecule has 1 unspecified atom stereocenters. The predicted molar refractivity (Wildman–Crippen MR) is 78.0 cm³/mol. The molecule has 1 saturated heterocycles. The molecule has 0 spiro atoms. The highest BCUT2D eigenvalue weighted by molar-refractivity contribution is 7.99. The topological polar surface area (TPSA) is 29.3 Å². The van der Waals surface area contributed by atoms with E-state index in [0.29, 0.717) is 6.04 Å². The lowest BCUT2D eigenvalue weighted by Gasteiger charge is -2.28. The SMILES string of the molecule is CCC(N)Cc1ccc(N2CCSCC2)cc1. The largest absolute Gasteiger partial charge is 0.370 e. The third-order valence-electron chi connectivity index (χ3n) is 3.33. The molecule has 1 atom stereocenters. The molecule has 0 aromatic heterocycles. The summed E-state index contributed by atoms with van der Waals surface area (Å²) in [6, 6.07) is 9.24. The molecule has 3 heteroatoms. The fourth-order valence-electron chi connectivity index (χ4n) is 2.11. The van der Waals surface area contributed by atoms with Gasteiger partial charge in [-0.2, -0.15) is 11.8 Å². The van der Waals surface area contributed by atoms with Crippen LogP contribution in [0, 0.1) is 0 Å². The summed E-state index contributed by atoms with van der Waals surface area (Å²) in [7, 11) is 0. The molecule has 1 aromatic rings. The van der Waals surface area contributed by atoms with Crippen LogP contribution in [0.15, 0.2) is 24.3 Å². The molecule has 0 amide bonds. The van der Waals surface area contributed by atoms with Crippen molar-refractivity contribution in [2.24, 2.45) is 5.73 Å². The Labute approximate surface area is 109 Å². The monoisotopic (exact) mass is 250 g/mol. The van der Waals surface area contributed by atoms with Crippen LogP contribution >= 0.6 is 11.8 Å². The first-order chi connectivity index (χ1) is 8.29. The van der Waals surface area contributed by atoms with Crippen LogP contribution in [0.1, 0.15) is 18.9 Å². The van der Waals surface area contributed by atoms with Crippen molar-refractivity contribution in [3.05, 3.63) is 29.8 Å². The summed E-state index contributed by atoms with van der Waals surface area (Å²) in [4.78, 5) is 2.47. The van der Waals surface area contributed by atoms with Gasteiger partial charge in [0.25, 0.3) is 0 Å². The van der Waals surface area contributed by atoms with Crippen molar-refractivity contribution in [3.8, 4) is 0 Å². The molecular formula is C14H22N2S. The Kier molecular flexibility index (Phi) is 4.75. The van der Waals surface area contributed by atoms with E-state index in [-0.39, 0.29) is 0 Å². The summed E-state index contributed by atoms with van der Waals surface area (Å²) >= 11 is 2.05. The molecule has 94 valence electrons. The number of hydrogen-bond donors (Lipinski definition) is 1. The summed E-state index contributed by atoms with van der Waals surface area (Å²) in [6.45, 7) is 4.50. The van der Waals surface area contributed by atoms with Crippen molar-refractivity contribution in [1.29, 1.82) is 0 Å². The Hall–Kier alpha value is -0.670. The first-order valence-electron chi connectivity index (χ1n) is 6.47. The van der Waals surface area contributed by atoms with E-state index in [1.165, 1.54) is 35.8 Å². The van der Waals surface area contributed by atoms with Gasteiger partial charge in [-0.15, -0.1) is 0 Å². The second-order valence-electron chi connectivity index (χ2n) is 4.64. The van der Waals surface area contributed by atoms with Crippen LogP contribution in [-0.2, 0) is 6.42 Å². The van der Waals surface area contributed by atoms with Gasteiger partial charge in [-0.1, -0.05) is 19.1 Å². The Morgan fingerprint density at radius 2 is 1.88 bits per heavy atom. The van der Waals surface area contributed by atoms with E-state index in [9.17, 15) is 0 Å².